The number of nitrogens with two attached hydrogens (primary N) is 1. The average molecular weight is 298 g/mol. The van der Waals surface area contributed by atoms with Crippen molar-refractivity contribution in [2.24, 2.45) is 5.73 Å². The summed E-state index contributed by atoms with van der Waals surface area (Å²) in [4.78, 5) is 7.22. The first kappa shape index (κ1) is 13.9. The zero-order valence-corrected chi connectivity index (χ0v) is 12.7. The molecule has 3 atom stereocenters. The predicted octanol–water partition coefficient (Wildman–Crippen LogP) is 2.26. The maximum Gasteiger partial charge on any atom is 0.227 e. The molecule has 0 radical (unpaired) electrons. The van der Waals surface area contributed by atoms with Gasteiger partial charge in [0.25, 0.3) is 0 Å². The van der Waals surface area contributed by atoms with Gasteiger partial charge >= 0.3 is 0 Å². The summed E-state index contributed by atoms with van der Waals surface area (Å²) in [5, 5.41) is 4.24. The molecule has 0 saturated carbocycles. The minimum absolute atomic E-state index is 0.378. The van der Waals surface area contributed by atoms with Gasteiger partial charge in [0.15, 0.2) is 5.82 Å². The fourth-order valence-electron chi connectivity index (χ4n) is 4.09. The molecule has 5 heteroatoms. The van der Waals surface area contributed by atoms with Crippen LogP contribution in [0.1, 0.15) is 48.5 Å². The van der Waals surface area contributed by atoms with Crippen LogP contribution >= 0.6 is 0 Å². The smallest absolute Gasteiger partial charge is 0.227 e. The maximum atomic E-state index is 5.57. The minimum Gasteiger partial charge on any atom is -0.339 e. The van der Waals surface area contributed by atoms with Crippen molar-refractivity contribution in [2.75, 3.05) is 13.1 Å². The van der Waals surface area contributed by atoms with Gasteiger partial charge in [0, 0.05) is 31.0 Å². The van der Waals surface area contributed by atoms with Crippen molar-refractivity contribution in [3.8, 4) is 0 Å². The lowest BCUT2D eigenvalue weighted by molar-refractivity contribution is 0.243. The average Bonchev–Trinajstić information content (AvgIpc) is 3.24. The normalized spacial score (nSPS) is 28.1. The van der Waals surface area contributed by atoms with E-state index in [4.69, 9.17) is 10.3 Å². The summed E-state index contributed by atoms with van der Waals surface area (Å²) < 4.78 is 5.35. The fourth-order valence-corrected chi connectivity index (χ4v) is 4.09. The van der Waals surface area contributed by atoms with E-state index in [9.17, 15) is 0 Å². The standard InChI is InChI=1S/C17H22N4O/c18-9-8-16-19-17(20-22-16)13-11-15(12-5-2-1-3-6-12)21-10-4-7-14(13)21/h1-3,5-6,13-15H,4,7-11,18H2/t13-,14+,15-/m1/s1. The molecule has 0 spiro atoms. The van der Waals surface area contributed by atoms with Gasteiger partial charge in [-0.3, -0.25) is 4.90 Å². The topological polar surface area (TPSA) is 68.2 Å². The Morgan fingerprint density at radius 3 is 2.95 bits per heavy atom. The number of benzene rings is 1. The molecule has 2 aliphatic rings. The number of aromatic nitrogens is 2. The molecular weight excluding hydrogens is 276 g/mol. The lowest BCUT2D eigenvalue weighted by atomic mass is 9.94. The Bertz CT molecular complexity index is 627. The highest BCUT2D eigenvalue weighted by molar-refractivity contribution is 5.24. The van der Waals surface area contributed by atoms with Gasteiger partial charge in [-0.25, -0.2) is 0 Å². The first-order chi connectivity index (χ1) is 10.9. The highest BCUT2D eigenvalue weighted by atomic mass is 16.5. The predicted molar refractivity (Wildman–Crippen MR) is 83.3 cm³/mol. The van der Waals surface area contributed by atoms with Gasteiger partial charge in [0.05, 0.1) is 0 Å². The van der Waals surface area contributed by atoms with Crippen LogP contribution in [0.3, 0.4) is 0 Å². The summed E-state index contributed by atoms with van der Waals surface area (Å²) in [7, 11) is 0. The lowest BCUT2D eigenvalue weighted by Crippen LogP contribution is -2.27. The summed E-state index contributed by atoms with van der Waals surface area (Å²) in [6.45, 7) is 1.72. The van der Waals surface area contributed by atoms with E-state index in [0.29, 0.717) is 36.9 Å². The Labute approximate surface area is 130 Å². The number of rotatable bonds is 4. The number of hydrogen-bond donors (Lipinski definition) is 1. The maximum absolute atomic E-state index is 5.57. The van der Waals surface area contributed by atoms with E-state index in [2.05, 4.69) is 45.4 Å². The second-order valence-electron chi connectivity index (χ2n) is 6.30. The molecule has 0 aliphatic carbocycles. The van der Waals surface area contributed by atoms with Gasteiger partial charge in [-0.1, -0.05) is 35.5 Å². The molecule has 0 bridgehead atoms. The molecule has 22 heavy (non-hydrogen) atoms. The van der Waals surface area contributed by atoms with Crippen LogP contribution in [0.25, 0.3) is 0 Å². The third-order valence-corrected chi connectivity index (χ3v) is 5.04. The van der Waals surface area contributed by atoms with Crippen LogP contribution in [0.4, 0.5) is 0 Å². The molecule has 2 aliphatic heterocycles. The van der Waals surface area contributed by atoms with E-state index in [1.54, 1.807) is 0 Å². The van der Waals surface area contributed by atoms with E-state index in [1.165, 1.54) is 24.9 Å². The SMILES string of the molecule is NCCc1nc([C@@H]2C[C@H](c3ccccc3)N3CCC[C@@H]23)no1. The second kappa shape index (κ2) is 5.82. The summed E-state index contributed by atoms with van der Waals surface area (Å²) >= 11 is 0. The first-order valence-electron chi connectivity index (χ1n) is 8.20. The fraction of sp³-hybridized carbons (Fsp3) is 0.529. The summed E-state index contributed by atoms with van der Waals surface area (Å²) in [6.07, 6.45) is 4.24. The molecule has 0 amide bonds. The van der Waals surface area contributed by atoms with Crippen molar-refractivity contribution >= 4 is 0 Å². The van der Waals surface area contributed by atoms with E-state index < -0.39 is 0 Å². The van der Waals surface area contributed by atoms with Crippen LogP contribution in [0.2, 0.25) is 0 Å². The zero-order chi connectivity index (χ0) is 14.9. The molecule has 116 valence electrons. The molecule has 3 heterocycles. The van der Waals surface area contributed by atoms with Gasteiger partial charge in [0.2, 0.25) is 5.89 Å². The highest BCUT2D eigenvalue weighted by Gasteiger charge is 2.46. The Balaban J connectivity index is 1.61. The molecule has 5 nitrogen and oxygen atoms in total. The van der Waals surface area contributed by atoms with Gasteiger partial charge < -0.3 is 10.3 Å². The van der Waals surface area contributed by atoms with Gasteiger partial charge in [-0.15, -0.1) is 0 Å². The third kappa shape index (κ3) is 2.34. The molecule has 2 fully saturated rings. The van der Waals surface area contributed by atoms with E-state index >= 15 is 0 Å². The van der Waals surface area contributed by atoms with Crippen LogP contribution in [0.15, 0.2) is 34.9 Å². The minimum atomic E-state index is 0.378. The van der Waals surface area contributed by atoms with Crippen molar-refractivity contribution in [2.45, 2.75) is 43.7 Å². The van der Waals surface area contributed by atoms with E-state index in [-0.39, 0.29) is 0 Å². The van der Waals surface area contributed by atoms with Gasteiger partial charge in [0.1, 0.15) is 0 Å². The first-order valence-corrected chi connectivity index (χ1v) is 8.20. The summed E-state index contributed by atoms with van der Waals surface area (Å²) in [5.41, 5.74) is 6.98. The van der Waals surface area contributed by atoms with Crippen molar-refractivity contribution in [3.05, 3.63) is 47.6 Å². The van der Waals surface area contributed by atoms with Crippen LogP contribution in [-0.2, 0) is 6.42 Å². The molecule has 4 rings (SSSR count). The van der Waals surface area contributed by atoms with Gasteiger partial charge in [-0.2, -0.15) is 4.98 Å². The second-order valence-corrected chi connectivity index (χ2v) is 6.30. The molecular formula is C17H22N4O. The Morgan fingerprint density at radius 1 is 1.27 bits per heavy atom. The van der Waals surface area contributed by atoms with Crippen LogP contribution in [0, 0.1) is 0 Å². The van der Waals surface area contributed by atoms with Crippen molar-refractivity contribution in [1.82, 2.24) is 15.0 Å². The molecule has 1 aromatic carbocycles. The quantitative estimate of drug-likeness (QED) is 0.937. The van der Waals surface area contributed by atoms with Crippen molar-refractivity contribution in [1.29, 1.82) is 0 Å². The number of nitrogens with zero attached hydrogens (tertiary/aromatic N) is 3. The third-order valence-electron chi connectivity index (χ3n) is 5.04. The Morgan fingerprint density at radius 2 is 2.14 bits per heavy atom. The molecule has 2 saturated heterocycles. The number of hydrogen-bond acceptors (Lipinski definition) is 5. The van der Waals surface area contributed by atoms with E-state index in [0.717, 1.165) is 12.2 Å². The molecule has 0 unspecified atom stereocenters. The van der Waals surface area contributed by atoms with Gasteiger partial charge in [-0.05, 0) is 31.4 Å². The van der Waals surface area contributed by atoms with Crippen LogP contribution in [-0.4, -0.2) is 34.2 Å². The Hall–Kier alpha value is -1.72. The largest absolute Gasteiger partial charge is 0.339 e. The van der Waals surface area contributed by atoms with E-state index in [1.807, 2.05) is 0 Å². The molecule has 1 aromatic heterocycles. The number of fused-ring (bicyclic) bond motifs is 1. The lowest BCUT2D eigenvalue weighted by Gasteiger charge is -2.24. The zero-order valence-electron chi connectivity index (χ0n) is 12.7. The van der Waals surface area contributed by atoms with Crippen molar-refractivity contribution in [3.63, 3.8) is 0 Å². The summed E-state index contributed by atoms with van der Waals surface area (Å²) in [5.74, 6) is 1.92. The highest BCUT2D eigenvalue weighted by Crippen LogP contribution is 2.48. The molecule has 2 N–H and O–H groups in total. The van der Waals surface area contributed by atoms with Crippen LogP contribution in [0.5, 0.6) is 0 Å². The Kier molecular flexibility index (Phi) is 3.68. The van der Waals surface area contributed by atoms with Crippen molar-refractivity contribution < 1.29 is 4.52 Å². The monoisotopic (exact) mass is 298 g/mol. The molecule has 2 aromatic rings. The van der Waals surface area contributed by atoms with Crippen LogP contribution < -0.4 is 5.73 Å². The summed E-state index contributed by atoms with van der Waals surface area (Å²) in [6, 6.07) is 11.8.